The number of amides is 1. The second kappa shape index (κ2) is 8.67. The molecular formula is C22H21N3O2. The van der Waals surface area contributed by atoms with Crippen LogP contribution in [0.15, 0.2) is 91.9 Å². The van der Waals surface area contributed by atoms with E-state index in [1.807, 2.05) is 48.7 Å². The number of allylic oxidation sites excluding steroid dienone is 2. The lowest BCUT2D eigenvalue weighted by Crippen LogP contribution is -2.22. The summed E-state index contributed by atoms with van der Waals surface area (Å²) in [5.74, 6) is -0.127. The first-order chi connectivity index (χ1) is 13.2. The summed E-state index contributed by atoms with van der Waals surface area (Å²) in [6, 6.07) is 11.2. The number of nitrogens with zero attached hydrogens (tertiary/aromatic N) is 2. The third-order valence-corrected chi connectivity index (χ3v) is 3.91. The predicted molar refractivity (Wildman–Crippen MR) is 107 cm³/mol. The largest absolute Gasteiger partial charge is 0.410 e. The van der Waals surface area contributed by atoms with Gasteiger partial charge in [-0.3, -0.25) is 9.78 Å². The van der Waals surface area contributed by atoms with Crippen LogP contribution >= 0.6 is 0 Å². The number of hydrogen-bond acceptors (Lipinski definition) is 3. The topological polar surface area (TPSA) is 56.1 Å². The summed E-state index contributed by atoms with van der Waals surface area (Å²) < 4.78 is 1.61. The predicted octanol–water partition coefficient (Wildman–Crippen LogP) is 3.69. The first-order valence-corrected chi connectivity index (χ1v) is 8.56. The molecule has 0 saturated heterocycles. The molecule has 0 saturated carbocycles. The van der Waals surface area contributed by atoms with E-state index in [1.54, 1.807) is 29.3 Å². The molecule has 5 heteroatoms. The fourth-order valence-electron chi connectivity index (χ4n) is 2.51. The summed E-state index contributed by atoms with van der Waals surface area (Å²) in [5.41, 5.74) is 3.26. The molecule has 0 unspecified atom stereocenters. The van der Waals surface area contributed by atoms with Crippen molar-refractivity contribution < 1.29 is 9.63 Å². The molecule has 0 fully saturated rings. The van der Waals surface area contributed by atoms with Crippen molar-refractivity contribution in [3.8, 4) is 0 Å². The van der Waals surface area contributed by atoms with E-state index in [2.05, 4.69) is 23.5 Å². The Morgan fingerprint density at radius 3 is 3.04 bits per heavy atom. The van der Waals surface area contributed by atoms with Gasteiger partial charge in [0, 0.05) is 36.1 Å². The highest BCUT2D eigenvalue weighted by Gasteiger charge is 2.07. The van der Waals surface area contributed by atoms with E-state index in [1.165, 1.54) is 0 Å². The van der Waals surface area contributed by atoms with Crippen molar-refractivity contribution in [3.05, 3.63) is 103 Å². The van der Waals surface area contributed by atoms with Gasteiger partial charge >= 0.3 is 0 Å². The number of rotatable bonds is 8. The minimum Gasteiger partial charge on any atom is -0.410 e. The van der Waals surface area contributed by atoms with Gasteiger partial charge in [-0.1, -0.05) is 37.5 Å². The van der Waals surface area contributed by atoms with E-state index in [0.29, 0.717) is 18.7 Å². The lowest BCUT2D eigenvalue weighted by Gasteiger charge is -2.07. The van der Waals surface area contributed by atoms with Crippen LogP contribution in [0.1, 0.15) is 15.9 Å². The molecule has 0 radical (unpaired) electrons. The molecular weight excluding hydrogens is 338 g/mol. The zero-order valence-electron chi connectivity index (χ0n) is 15.0. The van der Waals surface area contributed by atoms with Crippen LogP contribution in [0.5, 0.6) is 0 Å². The Hall–Kier alpha value is -3.60. The van der Waals surface area contributed by atoms with Gasteiger partial charge in [0.1, 0.15) is 6.61 Å². The van der Waals surface area contributed by atoms with Gasteiger partial charge in [0.25, 0.3) is 5.91 Å². The number of carbonyl (C=O) groups is 1. The van der Waals surface area contributed by atoms with Crippen molar-refractivity contribution in [1.29, 1.82) is 0 Å². The summed E-state index contributed by atoms with van der Waals surface area (Å²) in [5, 5.41) is 3.86. The third kappa shape index (κ3) is 4.95. The van der Waals surface area contributed by atoms with Crippen molar-refractivity contribution in [2.45, 2.75) is 6.54 Å². The quantitative estimate of drug-likeness (QED) is 0.624. The smallest absolute Gasteiger partial charge is 0.251 e. The second-order valence-electron chi connectivity index (χ2n) is 6.00. The molecule has 0 aliphatic heterocycles. The average Bonchev–Trinajstić information content (AvgIpc) is 3.16. The van der Waals surface area contributed by atoms with Crippen molar-refractivity contribution in [1.82, 2.24) is 15.0 Å². The Balaban J connectivity index is 1.54. The van der Waals surface area contributed by atoms with Gasteiger partial charge in [-0.15, -0.1) is 0 Å². The Morgan fingerprint density at radius 1 is 1.30 bits per heavy atom. The molecule has 5 nitrogen and oxygen atoms in total. The van der Waals surface area contributed by atoms with Crippen LogP contribution < -0.4 is 10.2 Å². The lowest BCUT2D eigenvalue weighted by atomic mass is 10.1. The van der Waals surface area contributed by atoms with Crippen LogP contribution in [0.3, 0.4) is 0 Å². The maximum Gasteiger partial charge on any atom is 0.251 e. The number of carbonyl (C=O) groups excluding carboxylic acids is 1. The van der Waals surface area contributed by atoms with Gasteiger partial charge in [0.2, 0.25) is 0 Å². The van der Waals surface area contributed by atoms with Crippen molar-refractivity contribution in [2.75, 3.05) is 6.61 Å². The summed E-state index contributed by atoms with van der Waals surface area (Å²) in [4.78, 5) is 22.2. The van der Waals surface area contributed by atoms with Crippen LogP contribution in [-0.2, 0) is 6.54 Å². The SMILES string of the molecule is C=C/C=C\C(=C)COn1ccc(CNC(=O)c2ccc3ncccc3c2)c1. The molecule has 3 rings (SSSR count). The molecule has 0 aliphatic rings. The van der Waals surface area contributed by atoms with E-state index in [9.17, 15) is 4.79 Å². The molecule has 1 amide bonds. The van der Waals surface area contributed by atoms with Gasteiger partial charge < -0.3 is 10.2 Å². The normalized spacial score (nSPS) is 10.8. The molecule has 1 N–H and O–H groups in total. The lowest BCUT2D eigenvalue weighted by molar-refractivity contribution is 0.0950. The summed E-state index contributed by atoms with van der Waals surface area (Å²) in [6.45, 7) is 8.29. The second-order valence-corrected chi connectivity index (χ2v) is 6.00. The molecule has 27 heavy (non-hydrogen) atoms. The van der Waals surface area contributed by atoms with Crippen molar-refractivity contribution >= 4 is 16.8 Å². The van der Waals surface area contributed by atoms with Crippen LogP contribution in [0.4, 0.5) is 0 Å². The summed E-state index contributed by atoms with van der Waals surface area (Å²) >= 11 is 0. The van der Waals surface area contributed by atoms with Crippen LogP contribution in [0, 0.1) is 0 Å². The number of pyridine rings is 1. The van der Waals surface area contributed by atoms with Crippen molar-refractivity contribution in [2.24, 2.45) is 0 Å². The molecule has 2 heterocycles. The molecule has 136 valence electrons. The summed E-state index contributed by atoms with van der Waals surface area (Å²) in [7, 11) is 0. The maximum atomic E-state index is 12.4. The number of fused-ring (bicyclic) bond motifs is 1. The van der Waals surface area contributed by atoms with E-state index < -0.39 is 0 Å². The highest BCUT2D eigenvalue weighted by atomic mass is 16.7. The Kier molecular flexibility index (Phi) is 5.84. The van der Waals surface area contributed by atoms with E-state index in [-0.39, 0.29) is 5.91 Å². The molecule has 2 aromatic heterocycles. The van der Waals surface area contributed by atoms with Gasteiger partial charge in [0.15, 0.2) is 0 Å². The van der Waals surface area contributed by atoms with Crippen LogP contribution in [-0.4, -0.2) is 22.2 Å². The fraction of sp³-hybridized carbons (Fsp3) is 0.0909. The Bertz CT molecular complexity index is 1000. The number of hydrogen-bond donors (Lipinski definition) is 1. The van der Waals surface area contributed by atoms with E-state index in [4.69, 9.17) is 4.84 Å². The highest BCUT2D eigenvalue weighted by molar-refractivity contribution is 5.97. The van der Waals surface area contributed by atoms with Crippen LogP contribution in [0.2, 0.25) is 0 Å². The molecule has 0 atom stereocenters. The number of nitrogens with one attached hydrogen (secondary N) is 1. The zero-order chi connectivity index (χ0) is 19.1. The van der Waals surface area contributed by atoms with Gasteiger partial charge in [-0.05, 0) is 41.5 Å². The first-order valence-electron chi connectivity index (χ1n) is 8.56. The number of benzene rings is 1. The minimum atomic E-state index is -0.127. The van der Waals surface area contributed by atoms with Crippen molar-refractivity contribution in [3.63, 3.8) is 0 Å². The zero-order valence-corrected chi connectivity index (χ0v) is 15.0. The average molecular weight is 359 g/mol. The monoisotopic (exact) mass is 359 g/mol. The van der Waals surface area contributed by atoms with Crippen LogP contribution in [0.25, 0.3) is 10.9 Å². The molecule has 1 aromatic carbocycles. The van der Waals surface area contributed by atoms with Gasteiger partial charge in [-0.2, -0.15) is 4.73 Å². The number of aromatic nitrogens is 2. The first kappa shape index (κ1) is 18.2. The Labute approximate surface area is 158 Å². The fourth-order valence-corrected chi connectivity index (χ4v) is 2.51. The molecule has 0 aliphatic carbocycles. The van der Waals surface area contributed by atoms with E-state index >= 15 is 0 Å². The Morgan fingerprint density at radius 2 is 2.19 bits per heavy atom. The molecule has 0 spiro atoms. The van der Waals surface area contributed by atoms with Gasteiger partial charge in [-0.25, -0.2) is 0 Å². The molecule has 3 aromatic rings. The summed E-state index contributed by atoms with van der Waals surface area (Å²) in [6.07, 6.45) is 10.7. The third-order valence-electron chi connectivity index (χ3n) is 3.91. The van der Waals surface area contributed by atoms with E-state index in [0.717, 1.165) is 22.0 Å². The minimum absolute atomic E-state index is 0.127. The van der Waals surface area contributed by atoms with Gasteiger partial charge in [0.05, 0.1) is 5.52 Å². The molecule has 0 bridgehead atoms. The highest BCUT2D eigenvalue weighted by Crippen LogP contribution is 2.13. The maximum absolute atomic E-state index is 12.4. The standard InChI is InChI=1S/C22H21N3O2/c1-3-4-6-17(2)16-27-25-12-10-18(15-25)14-24-22(26)20-8-9-21-19(13-20)7-5-11-23-21/h3-13,15H,1-2,14,16H2,(H,24,26)/b6-4-.